The summed E-state index contributed by atoms with van der Waals surface area (Å²) in [7, 11) is 0. The van der Waals surface area contributed by atoms with Crippen molar-refractivity contribution in [2.75, 3.05) is 6.54 Å². The molecule has 0 radical (unpaired) electrons. The number of nitrogens with zero attached hydrogens (tertiary/aromatic N) is 2. The number of hydrogen-bond donors (Lipinski definition) is 1. The molecule has 1 aliphatic heterocycles. The van der Waals surface area contributed by atoms with E-state index in [0.717, 1.165) is 30.4 Å². The van der Waals surface area contributed by atoms with E-state index < -0.39 is 23.5 Å². The number of benzene rings is 1. The first-order valence-electron chi connectivity index (χ1n) is 9.01. The maximum atomic E-state index is 13.1. The van der Waals surface area contributed by atoms with Gasteiger partial charge in [-0.1, -0.05) is 36.4 Å². The summed E-state index contributed by atoms with van der Waals surface area (Å²) in [6, 6.07) is 14.3. The Balaban J connectivity index is 1.58. The monoisotopic (exact) mass is 402 g/mol. The number of alkyl halides is 3. The van der Waals surface area contributed by atoms with Crippen LogP contribution in [0, 0.1) is 0 Å². The molecule has 0 saturated carbocycles. The van der Waals surface area contributed by atoms with Crippen molar-refractivity contribution < 1.29 is 27.5 Å². The normalized spacial score (nSPS) is 14.6. The van der Waals surface area contributed by atoms with Crippen LogP contribution in [-0.2, 0) is 25.7 Å². The van der Waals surface area contributed by atoms with E-state index in [1.165, 1.54) is 5.56 Å². The van der Waals surface area contributed by atoms with Gasteiger partial charge in [0.25, 0.3) is 0 Å². The number of carboxylic acids is 1. The van der Waals surface area contributed by atoms with Crippen LogP contribution in [-0.4, -0.2) is 27.5 Å². The molecule has 0 atom stereocenters. The van der Waals surface area contributed by atoms with Gasteiger partial charge in [0.05, 0.1) is 0 Å². The standard InChI is InChI=1S/C21H17F3N2O3/c22-21(23,24)19-15(20(27)28)10-18(29-19)17-7-6-14-12-26(9-8-16(14)25-17)11-13-4-2-1-3-5-13/h1-7,10H,8-9,11-12H2,(H,27,28). The van der Waals surface area contributed by atoms with Gasteiger partial charge in [-0.05, 0) is 17.2 Å². The number of aromatic carboxylic acids is 1. The van der Waals surface area contributed by atoms with Crippen LogP contribution in [0.1, 0.15) is 32.9 Å². The second-order valence-electron chi connectivity index (χ2n) is 6.90. The summed E-state index contributed by atoms with van der Waals surface area (Å²) in [6.45, 7) is 2.26. The van der Waals surface area contributed by atoms with E-state index >= 15 is 0 Å². The first-order chi connectivity index (χ1) is 13.8. The number of aromatic nitrogens is 1. The van der Waals surface area contributed by atoms with Gasteiger partial charge in [0, 0.05) is 37.8 Å². The lowest BCUT2D eigenvalue weighted by Gasteiger charge is -2.28. The van der Waals surface area contributed by atoms with Crippen LogP contribution in [0.3, 0.4) is 0 Å². The highest BCUT2D eigenvalue weighted by Crippen LogP contribution is 2.37. The highest BCUT2D eigenvalue weighted by Gasteiger charge is 2.40. The molecule has 150 valence electrons. The Morgan fingerprint density at radius 3 is 2.59 bits per heavy atom. The topological polar surface area (TPSA) is 66.6 Å². The predicted octanol–water partition coefficient (Wildman–Crippen LogP) is 4.62. The van der Waals surface area contributed by atoms with Gasteiger partial charge in [-0.25, -0.2) is 9.78 Å². The Labute approximate surface area is 164 Å². The molecule has 29 heavy (non-hydrogen) atoms. The van der Waals surface area contributed by atoms with Gasteiger partial charge in [0.1, 0.15) is 11.3 Å². The average Bonchev–Trinajstić information content (AvgIpc) is 3.15. The molecule has 3 aromatic rings. The maximum Gasteiger partial charge on any atom is 0.450 e. The molecule has 0 bridgehead atoms. The third-order valence-electron chi connectivity index (χ3n) is 4.85. The summed E-state index contributed by atoms with van der Waals surface area (Å²) in [5.41, 5.74) is 2.27. The molecule has 0 amide bonds. The number of hydrogen-bond acceptors (Lipinski definition) is 4. The molecule has 1 aromatic carbocycles. The molecule has 0 saturated heterocycles. The second kappa shape index (κ2) is 7.36. The number of pyridine rings is 1. The SMILES string of the molecule is O=C(O)c1cc(-c2ccc3c(n2)CCN(Cc2ccccc2)C3)oc1C(F)(F)F. The van der Waals surface area contributed by atoms with Crippen LogP contribution in [0.4, 0.5) is 13.2 Å². The number of carbonyl (C=O) groups is 1. The molecular formula is C21H17F3N2O3. The van der Waals surface area contributed by atoms with Gasteiger partial charge in [-0.3, -0.25) is 4.90 Å². The molecule has 4 rings (SSSR count). The minimum atomic E-state index is -4.89. The zero-order chi connectivity index (χ0) is 20.6. The van der Waals surface area contributed by atoms with Crippen LogP contribution >= 0.6 is 0 Å². The summed E-state index contributed by atoms with van der Waals surface area (Å²) in [6.07, 6.45) is -4.24. The zero-order valence-electron chi connectivity index (χ0n) is 15.2. The van der Waals surface area contributed by atoms with Crippen molar-refractivity contribution in [1.82, 2.24) is 9.88 Å². The van der Waals surface area contributed by atoms with Crippen molar-refractivity contribution >= 4 is 5.97 Å². The Hall–Kier alpha value is -3.13. The van der Waals surface area contributed by atoms with Crippen LogP contribution in [0.15, 0.2) is 52.9 Å². The minimum absolute atomic E-state index is 0.193. The lowest BCUT2D eigenvalue weighted by atomic mass is 10.0. The quantitative estimate of drug-likeness (QED) is 0.690. The van der Waals surface area contributed by atoms with E-state index in [1.54, 1.807) is 6.07 Å². The largest absolute Gasteiger partial charge is 0.478 e. The lowest BCUT2D eigenvalue weighted by molar-refractivity contribution is -0.153. The summed E-state index contributed by atoms with van der Waals surface area (Å²) < 4.78 is 44.0. The van der Waals surface area contributed by atoms with Crippen molar-refractivity contribution in [1.29, 1.82) is 0 Å². The third-order valence-corrected chi connectivity index (χ3v) is 4.85. The molecule has 8 heteroatoms. The van der Waals surface area contributed by atoms with Gasteiger partial charge >= 0.3 is 12.1 Å². The fraction of sp³-hybridized carbons (Fsp3) is 0.238. The van der Waals surface area contributed by atoms with E-state index in [-0.39, 0.29) is 11.5 Å². The number of carboxylic acid groups (broad SMARTS) is 1. The number of fused-ring (bicyclic) bond motifs is 1. The van der Waals surface area contributed by atoms with E-state index in [1.807, 2.05) is 24.3 Å². The molecule has 0 unspecified atom stereocenters. The minimum Gasteiger partial charge on any atom is -0.478 e. The highest BCUT2D eigenvalue weighted by atomic mass is 19.4. The molecule has 5 nitrogen and oxygen atoms in total. The molecule has 2 aromatic heterocycles. The Bertz CT molecular complexity index is 1050. The fourth-order valence-corrected chi connectivity index (χ4v) is 3.48. The Kier molecular flexibility index (Phi) is 4.87. The Morgan fingerprint density at radius 2 is 1.93 bits per heavy atom. The number of halogens is 3. The van der Waals surface area contributed by atoms with Gasteiger partial charge in [0.15, 0.2) is 5.76 Å². The van der Waals surface area contributed by atoms with Crippen LogP contribution in [0.25, 0.3) is 11.5 Å². The van der Waals surface area contributed by atoms with Crippen molar-refractivity contribution in [3.05, 3.63) is 76.7 Å². The number of rotatable bonds is 4. The molecule has 0 aliphatic carbocycles. The van der Waals surface area contributed by atoms with E-state index in [2.05, 4.69) is 22.0 Å². The van der Waals surface area contributed by atoms with Crippen LogP contribution in [0.2, 0.25) is 0 Å². The second-order valence-corrected chi connectivity index (χ2v) is 6.90. The van der Waals surface area contributed by atoms with Gasteiger partial charge in [0.2, 0.25) is 5.76 Å². The van der Waals surface area contributed by atoms with Gasteiger partial charge in [-0.2, -0.15) is 13.2 Å². The summed E-state index contributed by atoms with van der Waals surface area (Å²) >= 11 is 0. The fourth-order valence-electron chi connectivity index (χ4n) is 3.48. The van der Waals surface area contributed by atoms with E-state index in [0.29, 0.717) is 13.0 Å². The highest BCUT2D eigenvalue weighted by molar-refractivity contribution is 5.90. The summed E-state index contributed by atoms with van der Waals surface area (Å²) in [5.74, 6) is -3.42. The molecule has 3 heterocycles. The molecule has 1 aliphatic rings. The molecule has 0 spiro atoms. The molecular weight excluding hydrogens is 385 g/mol. The van der Waals surface area contributed by atoms with E-state index in [4.69, 9.17) is 9.52 Å². The lowest BCUT2D eigenvalue weighted by Crippen LogP contribution is -2.30. The van der Waals surface area contributed by atoms with Gasteiger partial charge in [-0.15, -0.1) is 0 Å². The van der Waals surface area contributed by atoms with Crippen LogP contribution < -0.4 is 0 Å². The first-order valence-corrected chi connectivity index (χ1v) is 9.01. The predicted molar refractivity (Wildman–Crippen MR) is 98.2 cm³/mol. The summed E-state index contributed by atoms with van der Waals surface area (Å²) in [5, 5.41) is 9.05. The molecule has 1 N–H and O–H groups in total. The van der Waals surface area contributed by atoms with Crippen LogP contribution in [0.5, 0.6) is 0 Å². The van der Waals surface area contributed by atoms with Crippen molar-refractivity contribution in [3.63, 3.8) is 0 Å². The summed E-state index contributed by atoms with van der Waals surface area (Å²) in [4.78, 5) is 17.9. The first kappa shape index (κ1) is 19.2. The van der Waals surface area contributed by atoms with Crippen molar-refractivity contribution in [3.8, 4) is 11.5 Å². The third kappa shape index (κ3) is 4.02. The van der Waals surface area contributed by atoms with E-state index in [9.17, 15) is 18.0 Å². The number of furan rings is 1. The Morgan fingerprint density at radius 1 is 1.17 bits per heavy atom. The molecule has 0 fully saturated rings. The average molecular weight is 402 g/mol. The maximum absolute atomic E-state index is 13.1. The van der Waals surface area contributed by atoms with Crippen molar-refractivity contribution in [2.24, 2.45) is 0 Å². The van der Waals surface area contributed by atoms with Crippen molar-refractivity contribution in [2.45, 2.75) is 25.7 Å². The van der Waals surface area contributed by atoms with Gasteiger partial charge < -0.3 is 9.52 Å². The smallest absolute Gasteiger partial charge is 0.450 e. The zero-order valence-corrected chi connectivity index (χ0v) is 15.2.